The molecule has 4 saturated carbocycles. The first-order valence-electron chi connectivity index (χ1n) is 15.7. The minimum Gasteiger partial charge on any atom is -0.458 e. The minimum atomic E-state index is -0.489. The van der Waals surface area contributed by atoms with Crippen molar-refractivity contribution in [2.75, 3.05) is 6.61 Å². The second kappa shape index (κ2) is 9.30. The Balaban J connectivity index is 1.58. The van der Waals surface area contributed by atoms with E-state index in [-0.39, 0.29) is 51.5 Å². The number of ether oxygens (including phenoxy) is 2. The maximum atomic E-state index is 12.4. The first-order chi connectivity index (χ1) is 18.4. The number of carbonyl (C=O) groups excluding carboxylic acids is 2. The van der Waals surface area contributed by atoms with E-state index >= 15 is 0 Å². The van der Waals surface area contributed by atoms with Crippen LogP contribution in [0.5, 0.6) is 0 Å². The fourth-order valence-corrected chi connectivity index (χ4v) is 11.4. The summed E-state index contributed by atoms with van der Waals surface area (Å²) in [4.78, 5) is 24.6. The standard InChI is InChI=1S/C34H54O6/c1-20(36)39-27-28(40-21(2)37)30(5)16-17-33(8)22(23(30)18-29(27,3)4)10-11-25-31(6)14-13-26(38)32(7,19-35)24(31)12-15-34(25,33)9/h10,23-28,35,38H,11-19H2,1-9H3/t23-,24?,25?,26-,27-,28+,30+,31-,32+,33+,34+/m0/s1. The Morgan fingerprint density at radius 3 is 2.08 bits per heavy atom. The average Bonchev–Trinajstić information content (AvgIpc) is 2.85. The maximum absolute atomic E-state index is 12.4. The Bertz CT molecular complexity index is 1100. The highest BCUT2D eigenvalue weighted by molar-refractivity contribution is 5.67. The van der Waals surface area contributed by atoms with Gasteiger partial charge < -0.3 is 19.7 Å². The molecule has 6 heteroatoms. The molecule has 11 atom stereocenters. The third-order valence-electron chi connectivity index (χ3n) is 14.0. The molecule has 0 aromatic carbocycles. The number of hydrogen-bond acceptors (Lipinski definition) is 6. The van der Waals surface area contributed by atoms with Crippen molar-refractivity contribution in [2.24, 2.45) is 50.2 Å². The molecule has 4 fully saturated rings. The van der Waals surface area contributed by atoms with Gasteiger partial charge in [-0.1, -0.05) is 60.1 Å². The molecule has 40 heavy (non-hydrogen) atoms. The zero-order chi connectivity index (χ0) is 29.7. The summed E-state index contributed by atoms with van der Waals surface area (Å²) in [5.41, 5.74) is 0.554. The van der Waals surface area contributed by atoms with Gasteiger partial charge in [-0.05, 0) is 85.4 Å². The van der Waals surface area contributed by atoms with Crippen LogP contribution in [0.25, 0.3) is 0 Å². The average molecular weight is 559 g/mol. The molecular weight excluding hydrogens is 504 g/mol. The van der Waals surface area contributed by atoms with Crippen LogP contribution in [0.3, 0.4) is 0 Å². The Hall–Kier alpha value is -1.40. The summed E-state index contributed by atoms with van der Waals surface area (Å²) < 4.78 is 12.0. The van der Waals surface area contributed by atoms with Gasteiger partial charge in [0.1, 0.15) is 12.2 Å². The van der Waals surface area contributed by atoms with Crippen LogP contribution >= 0.6 is 0 Å². The number of carbonyl (C=O) groups is 2. The van der Waals surface area contributed by atoms with Crippen LogP contribution in [0, 0.1) is 50.2 Å². The minimum absolute atomic E-state index is 0.00484. The summed E-state index contributed by atoms with van der Waals surface area (Å²) >= 11 is 0. The molecule has 0 saturated heterocycles. The molecule has 0 aromatic heterocycles. The second-order valence-corrected chi connectivity index (χ2v) is 16.3. The van der Waals surface area contributed by atoms with Crippen LogP contribution in [-0.2, 0) is 19.1 Å². The quantitative estimate of drug-likeness (QED) is 0.315. The highest BCUT2D eigenvalue weighted by atomic mass is 16.6. The summed E-state index contributed by atoms with van der Waals surface area (Å²) in [6.07, 6.45) is 8.80. The zero-order valence-electron chi connectivity index (χ0n) is 26.4. The van der Waals surface area contributed by atoms with Crippen LogP contribution in [0.2, 0.25) is 0 Å². The summed E-state index contributed by atoms with van der Waals surface area (Å²) in [7, 11) is 0. The molecule has 0 radical (unpaired) electrons. The van der Waals surface area contributed by atoms with Crippen molar-refractivity contribution in [2.45, 2.75) is 132 Å². The highest BCUT2D eigenvalue weighted by Gasteiger charge is 2.70. The highest BCUT2D eigenvalue weighted by Crippen LogP contribution is 2.75. The monoisotopic (exact) mass is 558 g/mol. The summed E-state index contributed by atoms with van der Waals surface area (Å²) in [6, 6.07) is 0. The molecule has 0 bridgehead atoms. The van der Waals surface area contributed by atoms with Crippen LogP contribution < -0.4 is 0 Å². The SMILES string of the molecule is CC(=O)O[C@@H]1[C@H](OC(C)=O)C(C)(C)C[C@H]2C3=CCC4[C@@]5(C)CC[C@H](O)[C@](C)(CO)C5CC[C@@]4(C)[C@]3(C)CC[C@@]12C. The number of hydrogen-bond donors (Lipinski definition) is 2. The van der Waals surface area contributed by atoms with Gasteiger partial charge in [-0.25, -0.2) is 0 Å². The Morgan fingerprint density at radius 2 is 1.48 bits per heavy atom. The fourth-order valence-electron chi connectivity index (χ4n) is 11.4. The number of rotatable bonds is 3. The smallest absolute Gasteiger partial charge is 0.303 e. The van der Waals surface area contributed by atoms with Crippen LogP contribution in [0.4, 0.5) is 0 Å². The van der Waals surface area contributed by atoms with E-state index in [1.165, 1.54) is 19.4 Å². The zero-order valence-corrected chi connectivity index (χ0v) is 26.4. The van der Waals surface area contributed by atoms with Gasteiger partial charge in [0.25, 0.3) is 0 Å². The predicted molar refractivity (Wildman–Crippen MR) is 154 cm³/mol. The second-order valence-electron chi connectivity index (χ2n) is 16.3. The lowest BCUT2D eigenvalue weighted by Crippen LogP contribution is -2.67. The molecule has 0 amide bonds. The van der Waals surface area contributed by atoms with Crippen molar-refractivity contribution in [3.63, 3.8) is 0 Å². The third kappa shape index (κ3) is 3.86. The van der Waals surface area contributed by atoms with Gasteiger partial charge in [0.2, 0.25) is 0 Å². The largest absolute Gasteiger partial charge is 0.458 e. The van der Waals surface area contributed by atoms with Crippen molar-refractivity contribution >= 4 is 11.9 Å². The summed E-state index contributed by atoms with van der Waals surface area (Å²) in [5, 5.41) is 21.5. The molecule has 6 nitrogen and oxygen atoms in total. The van der Waals surface area contributed by atoms with Gasteiger partial charge in [0.05, 0.1) is 12.7 Å². The van der Waals surface area contributed by atoms with E-state index in [4.69, 9.17) is 9.47 Å². The molecule has 0 aromatic rings. The van der Waals surface area contributed by atoms with Crippen molar-refractivity contribution in [3.05, 3.63) is 11.6 Å². The van der Waals surface area contributed by atoms with E-state index < -0.39 is 23.7 Å². The van der Waals surface area contributed by atoms with Crippen molar-refractivity contribution in [3.8, 4) is 0 Å². The lowest BCUT2D eigenvalue weighted by molar-refractivity contribution is -0.234. The Morgan fingerprint density at radius 1 is 0.850 bits per heavy atom. The van der Waals surface area contributed by atoms with E-state index in [1.807, 2.05) is 0 Å². The lowest BCUT2D eigenvalue weighted by Gasteiger charge is -2.72. The van der Waals surface area contributed by atoms with E-state index in [2.05, 4.69) is 54.5 Å². The number of fused-ring (bicyclic) bond motifs is 7. The molecule has 5 aliphatic rings. The van der Waals surface area contributed by atoms with Crippen molar-refractivity contribution in [1.29, 1.82) is 0 Å². The molecule has 0 spiro atoms. The summed E-state index contributed by atoms with van der Waals surface area (Å²) in [5.74, 6) is 0.352. The fraction of sp³-hybridized carbons (Fsp3) is 0.882. The molecule has 2 unspecified atom stereocenters. The molecule has 5 rings (SSSR count). The number of aliphatic hydroxyl groups excluding tert-OH is 2. The third-order valence-corrected chi connectivity index (χ3v) is 14.0. The Kier molecular flexibility index (Phi) is 6.99. The van der Waals surface area contributed by atoms with Gasteiger partial charge in [0.15, 0.2) is 0 Å². The molecule has 226 valence electrons. The van der Waals surface area contributed by atoms with Crippen LogP contribution in [0.1, 0.15) is 114 Å². The van der Waals surface area contributed by atoms with E-state index in [9.17, 15) is 19.8 Å². The van der Waals surface area contributed by atoms with Gasteiger partial charge in [-0.2, -0.15) is 0 Å². The van der Waals surface area contributed by atoms with E-state index in [0.717, 1.165) is 51.4 Å². The van der Waals surface area contributed by atoms with Crippen molar-refractivity contribution < 1.29 is 29.3 Å². The van der Waals surface area contributed by atoms with Crippen LogP contribution in [0.15, 0.2) is 11.6 Å². The Labute approximate surface area is 241 Å². The number of esters is 2. The number of aliphatic hydroxyl groups is 2. The van der Waals surface area contributed by atoms with Crippen molar-refractivity contribution in [1.82, 2.24) is 0 Å². The molecule has 0 aliphatic heterocycles. The maximum Gasteiger partial charge on any atom is 0.303 e. The summed E-state index contributed by atoms with van der Waals surface area (Å²) in [6.45, 7) is 19.1. The van der Waals surface area contributed by atoms with Gasteiger partial charge in [-0.15, -0.1) is 0 Å². The predicted octanol–water partition coefficient (Wildman–Crippen LogP) is 6.22. The van der Waals surface area contributed by atoms with Gasteiger partial charge >= 0.3 is 11.9 Å². The van der Waals surface area contributed by atoms with E-state index in [0.29, 0.717) is 11.8 Å². The molecule has 5 aliphatic carbocycles. The van der Waals surface area contributed by atoms with E-state index in [1.54, 1.807) is 0 Å². The molecule has 2 N–H and O–H groups in total. The lowest BCUT2D eigenvalue weighted by atomic mass is 9.33. The number of allylic oxidation sites excluding steroid dienone is 2. The first kappa shape index (κ1) is 30.1. The van der Waals surface area contributed by atoms with Gasteiger partial charge in [-0.3, -0.25) is 9.59 Å². The van der Waals surface area contributed by atoms with Crippen LogP contribution in [-0.4, -0.2) is 47.1 Å². The van der Waals surface area contributed by atoms with Gasteiger partial charge in [0, 0.05) is 30.1 Å². The molecular formula is C34H54O6. The topological polar surface area (TPSA) is 93.1 Å². The molecule has 0 heterocycles. The normalized spacial score (nSPS) is 51.2. The first-order valence-corrected chi connectivity index (χ1v) is 15.7.